The minimum atomic E-state index is -0.397. The predicted molar refractivity (Wildman–Crippen MR) is 46.2 cm³/mol. The fourth-order valence-corrected chi connectivity index (χ4v) is 0.845. The molecule has 1 aromatic rings. The molecule has 0 aliphatic heterocycles. The molecule has 0 aliphatic rings. The largest absolute Gasteiger partial charge is 0.394 e. The van der Waals surface area contributed by atoms with Gasteiger partial charge in [0.25, 0.3) is 0 Å². The van der Waals surface area contributed by atoms with Crippen molar-refractivity contribution in [3.63, 3.8) is 0 Å². The Kier molecular flexibility index (Phi) is 2.81. The van der Waals surface area contributed by atoms with Crippen molar-refractivity contribution in [3.8, 4) is 12.3 Å². The van der Waals surface area contributed by atoms with Gasteiger partial charge in [-0.25, -0.2) is 0 Å². The van der Waals surface area contributed by atoms with E-state index >= 15 is 0 Å². The zero-order chi connectivity index (χ0) is 8.97. The molecule has 0 saturated carbocycles. The Bertz CT molecular complexity index is 304. The molecule has 3 heteroatoms. The van der Waals surface area contributed by atoms with Crippen molar-refractivity contribution in [2.75, 3.05) is 6.61 Å². The molecule has 1 rings (SSSR count). The molecule has 1 unspecified atom stereocenters. The molecule has 12 heavy (non-hydrogen) atoms. The van der Waals surface area contributed by atoms with Crippen LogP contribution in [0.4, 0.5) is 0 Å². The smallest absolute Gasteiger partial charge is 0.0624 e. The third kappa shape index (κ3) is 1.82. The molecule has 1 heterocycles. The maximum absolute atomic E-state index is 8.75. The van der Waals surface area contributed by atoms with E-state index in [2.05, 4.69) is 10.9 Å². The number of rotatable bonds is 2. The molecule has 0 aliphatic carbocycles. The molecular weight excluding hydrogens is 152 g/mol. The zero-order valence-corrected chi connectivity index (χ0v) is 6.57. The van der Waals surface area contributed by atoms with E-state index in [1.54, 1.807) is 18.5 Å². The van der Waals surface area contributed by atoms with E-state index in [4.69, 9.17) is 17.3 Å². The van der Waals surface area contributed by atoms with Crippen LogP contribution in [0.1, 0.15) is 17.2 Å². The van der Waals surface area contributed by atoms with E-state index in [0.29, 0.717) is 5.56 Å². The van der Waals surface area contributed by atoms with E-state index in [0.717, 1.165) is 5.56 Å². The van der Waals surface area contributed by atoms with E-state index in [1.165, 1.54) is 0 Å². The van der Waals surface area contributed by atoms with Crippen LogP contribution in [-0.2, 0) is 0 Å². The van der Waals surface area contributed by atoms with E-state index in [9.17, 15) is 0 Å². The molecule has 0 radical (unpaired) electrons. The first-order valence-corrected chi connectivity index (χ1v) is 3.56. The van der Waals surface area contributed by atoms with Crippen LogP contribution in [-0.4, -0.2) is 16.7 Å². The maximum Gasteiger partial charge on any atom is 0.0624 e. The van der Waals surface area contributed by atoms with Gasteiger partial charge in [-0.1, -0.05) is 5.92 Å². The van der Waals surface area contributed by atoms with Crippen LogP contribution in [0.5, 0.6) is 0 Å². The number of nitrogens with two attached hydrogens (primary N) is 1. The minimum Gasteiger partial charge on any atom is -0.394 e. The van der Waals surface area contributed by atoms with Gasteiger partial charge in [-0.2, -0.15) is 0 Å². The number of pyridine rings is 1. The lowest BCUT2D eigenvalue weighted by Gasteiger charge is -2.07. The van der Waals surface area contributed by atoms with Crippen LogP contribution >= 0.6 is 0 Å². The van der Waals surface area contributed by atoms with E-state index < -0.39 is 6.04 Å². The third-order valence-electron chi connectivity index (χ3n) is 1.55. The van der Waals surface area contributed by atoms with Gasteiger partial charge in [0.2, 0.25) is 0 Å². The van der Waals surface area contributed by atoms with Crippen molar-refractivity contribution >= 4 is 0 Å². The first-order chi connectivity index (χ1) is 5.77. The summed E-state index contributed by atoms with van der Waals surface area (Å²) in [5.74, 6) is 2.45. The van der Waals surface area contributed by atoms with Gasteiger partial charge in [0.15, 0.2) is 0 Å². The number of hydrogen-bond donors (Lipinski definition) is 2. The normalized spacial score (nSPS) is 12.1. The third-order valence-corrected chi connectivity index (χ3v) is 1.55. The average Bonchev–Trinajstić information content (AvgIpc) is 2.17. The molecule has 0 bridgehead atoms. The Hall–Kier alpha value is -1.37. The summed E-state index contributed by atoms with van der Waals surface area (Å²) in [7, 11) is 0. The summed E-state index contributed by atoms with van der Waals surface area (Å²) < 4.78 is 0. The molecule has 0 saturated heterocycles. The van der Waals surface area contributed by atoms with Gasteiger partial charge in [-0.05, 0) is 11.6 Å². The second-order valence-corrected chi connectivity index (χ2v) is 2.44. The molecular formula is C9H10N2O. The van der Waals surface area contributed by atoms with Gasteiger partial charge in [0.05, 0.1) is 12.6 Å². The molecule has 0 fully saturated rings. The molecule has 3 N–H and O–H groups in total. The predicted octanol–water partition coefficient (Wildman–Crippen LogP) is 0.0550. The fraction of sp³-hybridized carbons (Fsp3) is 0.222. The quantitative estimate of drug-likeness (QED) is 0.604. The molecule has 3 nitrogen and oxygen atoms in total. The first-order valence-electron chi connectivity index (χ1n) is 3.56. The highest BCUT2D eigenvalue weighted by Crippen LogP contribution is 2.08. The molecule has 0 spiro atoms. The summed E-state index contributed by atoms with van der Waals surface area (Å²) in [5, 5.41) is 8.75. The standard InChI is InChI=1S/C9H10N2O/c1-2-7-3-8(5-11-4-7)9(10)6-12/h1,3-5,9,12H,6,10H2. The van der Waals surface area contributed by atoms with E-state index in [-0.39, 0.29) is 6.61 Å². The summed E-state index contributed by atoms with van der Waals surface area (Å²) in [4.78, 5) is 3.89. The second kappa shape index (κ2) is 3.86. The lowest BCUT2D eigenvalue weighted by Crippen LogP contribution is -2.14. The zero-order valence-electron chi connectivity index (χ0n) is 6.57. The van der Waals surface area contributed by atoms with Crippen LogP contribution in [0.2, 0.25) is 0 Å². The molecule has 1 aromatic heterocycles. The maximum atomic E-state index is 8.75. The van der Waals surface area contributed by atoms with Crippen molar-refractivity contribution in [2.45, 2.75) is 6.04 Å². The van der Waals surface area contributed by atoms with Gasteiger partial charge in [-0.3, -0.25) is 4.98 Å². The Labute approximate surface area is 71.2 Å². The van der Waals surface area contributed by atoms with Crippen LogP contribution in [0.15, 0.2) is 18.5 Å². The monoisotopic (exact) mass is 162 g/mol. The Morgan fingerprint density at radius 2 is 2.42 bits per heavy atom. The Balaban J connectivity index is 2.95. The van der Waals surface area contributed by atoms with Gasteiger partial charge >= 0.3 is 0 Å². The highest BCUT2D eigenvalue weighted by molar-refractivity contribution is 5.33. The lowest BCUT2D eigenvalue weighted by atomic mass is 10.1. The van der Waals surface area contributed by atoms with Crippen molar-refractivity contribution in [1.82, 2.24) is 4.98 Å². The highest BCUT2D eigenvalue weighted by atomic mass is 16.3. The summed E-state index contributed by atoms with van der Waals surface area (Å²) in [6.45, 7) is -0.101. The van der Waals surface area contributed by atoms with Crippen LogP contribution in [0, 0.1) is 12.3 Å². The van der Waals surface area contributed by atoms with Crippen molar-refractivity contribution < 1.29 is 5.11 Å². The molecule has 0 aromatic carbocycles. The first kappa shape index (κ1) is 8.72. The Morgan fingerprint density at radius 3 is 3.00 bits per heavy atom. The second-order valence-electron chi connectivity index (χ2n) is 2.44. The number of nitrogens with zero attached hydrogens (tertiary/aromatic N) is 1. The summed E-state index contributed by atoms with van der Waals surface area (Å²) >= 11 is 0. The number of hydrogen-bond acceptors (Lipinski definition) is 3. The molecule has 62 valence electrons. The average molecular weight is 162 g/mol. The molecule has 0 amide bonds. The number of aromatic nitrogens is 1. The van der Waals surface area contributed by atoms with Crippen LogP contribution < -0.4 is 5.73 Å². The minimum absolute atomic E-state index is 0.101. The van der Waals surface area contributed by atoms with Gasteiger partial charge in [0.1, 0.15) is 0 Å². The number of aliphatic hydroxyl groups excluding tert-OH is 1. The topological polar surface area (TPSA) is 59.1 Å². The van der Waals surface area contributed by atoms with Crippen molar-refractivity contribution in [3.05, 3.63) is 29.6 Å². The van der Waals surface area contributed by atoms with Gasteiger partial charge in [0, 0.05) is 18.0 Å². The lowest BCUT2D eigenvalue weighted by molar-refractivity contribution is 0.268. The summed E-state index contributed by atoms with van der Waals surface area (Å²) in [6.07, 6.45) is 8.34. The van der Waals surface area contributed by atoms with Crippen LogP contribution in [0.3, 0.4) is 0 Å². The van der Waals surface area contributed by atoms with Gasteiger partial charge in [-0.15, -0.1) is 6.42 Å². The van der Waals surface area contributed by atoms with Crippen molar-refractivity contribution in [2.24, 2.45) is 5.73 Å². The molecule has 1 atom stereocenters. The van der Waals surface area contributed by atoms with E-state index in [1.807, 2.05) is 0 Å². The van der Waals surface area contributed by atoms with Crippen molar-refractivity contribution in [1.29, 1.82) is 0 Å². The van der Waals surface area contributed by atoms with Crippen LogP contribution in [0.25, 0.3) is 0 Å². The summed E-state index contributed by atoms with van der Waals surface area (Å²) in [6, 6.07) is 1.35. The number of aliphatic hydroxyl groups is 1. The Morgan fingerprint density at radius 1 is 1.67 bits per heavy atom. The van der Waals surface area contributed by atoms with Gasteiger partial charge < -0.3 is 10.8 Å². The number of terminal acetylenes is 1. The fourth-order valence-electron chi connectivity index (χ4n) is 0.845. The SMILES string of the molecule is C#Cc1cncc(C(N)CO)c1. The highest BCUT2D eigenvalue weighted by Gasteiger charge is 2.03. The summed E-state index contributed by atoms with van der Waals surface area (Å²) in [5.41, 5.74) is 6.99.